The molecule has 0 aromatic rings. The van der Waals surface area contributed by atoms with Crippen molar-refractivity contribution in [3.63, 3.8) is 0 Å². The molecule has 0 N–H and O–H groups in total. The highest BCUT2D eigenvalue weighted by Crippen LogP contribution is 2.11. The highest BCUT2D eigenvalue weighted by atomic mass is 16.1. The van der Waals surface area contributed by atoms with E-state index >= 15 is 0 Å². The van der Waals surface area contributed by atoms with E-state index in [1.165, 1.54) is 6.20 Å². The first-order valence-corrected chi connectivity index (χ1v) is 5.11. The molecule has 82 valence electrons. The zero-order valence-electron chi connectivity index (χ0n) is 9.23. The average molecular weight is 213 g/mol. The van der Waals surface area contributed by atoms with Gasteiger partial charge in [-0.1, -0.05) is 37.0 Å². The number of ketones is 1. The predicted molar refractivity (Wildman–Crippen MR) is 68.4 cm³/mol. The first-order chi connectivity index (χ1) is 7.74. The molecule has 0 saturated carbocycles. The van der Waals surface area contributed by atoms with Gasteiger partial charge in [-0.05, 0) is 24.8 Å². The average Bonchev–Trinajstić information content (AvgIpc) is 2.54. The second-order valence-electron chi connectivity index (χ2n) is 3.44. The third kappa shape index (κ3) is 4.05. The van der Waals surface area contributed by atoms with Crippen LogP contribution < -0.4 is 0 Å². The second-order valence-corrected chi connectivity index (χ2v) is 3.44. The predicted octanol–water partition coefficient (Wildman–Crippen LogP) is 3.16. The molecule has 0 unspecified atom stereocenters. The summed E-state index contributed by atoms with van der Waals surface area (Å²) in [6.07, 6.45) is 14.0. The van der Waals surface area contributed by atoms with Crippen LogP contribution in [0.4, 0.5) is 0 Å². The molecule has 0 aliphatic heterocycles. The lowest BCUT2D eigenvalue weighted by molar-refractivity contribution is -0.114. The summed E-state index contributed by atoms with van der Waals surface area (Å²) in [5, 5.41) is 0. The van der Waals surface area contributed by atoms with Crippen molar-refractivity contribution in [3.8, 4) is 0 Å². The Morgan fingerprint density at radius 2 is 2.31 bits per heavy atom. The summed E-state index contributed by atoms with van der Waals surface area (Å²) in [7, 11) is 0. The molecule has 1 aliphatic carbocycles. The van der Waals surface area contributed by atoms with Gasteiger partial charge in [-0.25, -0.2) is 0 Å². The molecular formula is C14H15NO. The topological polar surface area (TPSA) is 29.4 Å². The number of rotatable bonds is 5. The fourth-order valence-corrected chi connectivity index (χ4v) is 1.29. The summed E-state index contributed by atoms with van der Waals surface area (Å²) in [6.45, 7) is 7.11. The molecule has 16 heavy (non-hydrogen) atoms. The summed E-state index contributed by atoms with van der Waals surface area (Å²) in [6, 6.07) is 0. The van der Waals surface area contributed by atoms with Gasteiger partial charge in [-0.15, -0.1) is 0 Å². The van der Waals surface area contributed by atoms with Crippen LogP contribution in [0.15, 0.2) is 65.4 Å². The van der Waals surface area contributed by atoms with Gasteiger partial charge in [0.2, 0.25) is 0 Å². The fourth-order valence-electron chi connectivity index (χ4n) is 1.29. The van der Waals surface area contributed by atoms with Crippen LogP contribution in [0.1, 0.15) is 12.8 Å². The van der Waals surface area contributed by atoms with E-state index in [9.17, 15) is 4.79 Å². The van der Waals surface area contributed by atoms with Crippen molar-refractivity contribution in [1.82, 2.24) is 0 Å². The van der Waals surface area contributed by atoms with Crippen molar-refractivity contribution < 1.29 is 4.79 Å². The van der Waals surface area contributed by atoms with E-state index in [4.69, 9.17) is 0 Å². The van der Waals surface area contributed by atoms with E-state index < -0.39 is 0 Å². The first kappa shape index (κ1) is 12.1. The highest BCUT2D eigenvalue weighted by Gasteiger charge is 2.07. The molecule has 0 fully saturated rings. The molecule has 0 heterocycles. The Balaban J connectivity index is 2.61. The molecule has 0 amide bonds. The number of hydrogen-bond donors (Lipinski definition) is 0. The Morgan fingerprint density at radius 3 is 3.06 bits per heavy atom. The number of carbonyl (C=O) groups is 1. The van der Waals surface area contributed by atoms with Crippen molar-refractivity contribution in [3.05, 3.63) is 60.4 Å². The largest absolute Gasteiger partial charge is 0.294 e. The Hall–Kier alpha value is -1.96. The monoisotopic (exact) mass is 213 g/mol. The van der Waals surface area contributed by atoms with Gasteiger partial charge in [0.05, 0.1) is 0 Å². The Kier molecular flexibility index (Phi) is 4.93. The van der Waals surface area contributed by atoms with E-state index in [-0.39, 0.29) is 5.78 Å². The summed E-state index contributed by atoms with van der Waals surface area (Å²) in [4.78, 5) is 15.4. The summed E-state index contributed by atoms with van der Waals surface area (Å²) in [5.41, 5.74) is 1.45. The Labute approximate surface area is 96.1 Å². The van der Waals surface area contributed by atoms with E-state index in [1.54, 1.807) is 6.08 Å². The minimum Gasteiger partial charge on any atom is -0.294 e. The number of hydrogen-bond acceptors (Lipinski definition) is 2. The van der Waals surface area contributed by atoms with Gasteiger partial charge in [0.1, 0.15) is 0 Å². The molecule has 0 aromatic heterocycles. The molecule has 0 saturated heterocycles. The van der Waals surface area contributed by atoms with E-state index in [1.807, 2.05) is 30.4 Å². The van der Waals surface area contributed by atoms with E-state index in [0.29, 0.717) is 6.42 Å². The van der Waals surface area contributed by atoms with Crippen LogP contribution in [0.3, 0.4) is 0 Å². The molecule has 0 aromatic carbocycles. The normalized spacial score (nSPS) is 14.6. The molecule has 0 radical (unpaired) electrons. The van der Waals surface area contributed by atoms with Crippen LogP contribution in [0.5, 0.6) is 0 Å². The van der Waals surface area contributed by atoms with Gasteiger partial charge < -0.3 is 0 Å². The van der Waals surface area contributed by atoms with Crippen LogP contribution in [0.25, 0.3) is 0 Å². The molecule has 2 heteroatoms. The third-order valence-corrected chi connectivity index (χ3v) is 2.11. The van der Waals surface area contributed by atoms with Gasteiger partial charge in [0.25, 0.3) is 0 Å². The zero-order chi connectivity index (χ0) is 11.8. The summed E-state index contributed by atoms with van der Waals surface area (Å²) >= 11 is 0. The Bertz CT molecular complexity index is 408. The standard InChI is InChI=1S/C14H15NO/c1-12(9-10-15-2)11-14(16)13-7-5-3-4-6-8-13/h3,5-10H,1-2,4,11H2/b10-9-. The molecule has 0 atom stereocenters. The molecule has 1 rings (SSSR count). The van der Waals surface area contributed by atoms with Gasteiger partial charge in [-0.3, -0.25) is 9.79 Å². The van der Waals surface area contributed by atoms with Crippen LogP contribution in [-0.2, 0) is 4.79 Å². The van der Waals surface area contributed by atoms with Gasteiger partial charge in [-0.2, -0.15) is 0 Å². The van der Waals surface area contributed by atoms with E-state index in [0.717, 1.165) is 17.6 Å². The number of aliphatic imine (C=N–C) groups is 1. The van der Waals surface area contributed by atoms with Gasteiger partial charge in [0.15, 0.2) is 5.78 Å². The maximum absolute atomic E-state index is 11.8. The number of nitrogens with zero attached hydrogens (tertiary/aromatic N) is 1. The maximum Gasteiger partial charge on any atom is 0.167 e. The first-order valence-electron chi connectivity index (χ1n) is 5.11. The van der Waals surface area contributed by atoms with Crippen LogP contribution in [-0.4, -0.2) is 12.5 Å². The molecule has 1 aliphatic rings. The molecule has 0 spiro atoms. The number of carbonyl (C=O) groups excluding carboxylic acids is 1. The van der Waals surface area contributed by atoms with Crippen LogP contribution in [0, 0.1) is 0 Å². The summed E-state index contributed by atoms with van der Waals surface area (Å²) in [5.74, 6) is 0.0708. The second kappa shape index (κ2) is 6.51. The highest BCUT2D eigenvalue weighted by molar-refractivity contribution is 5.99. The van der Waals surface area contributed by atoms with Gasteiger partial charge in [0, 0.05) is 18.2 Å². The minimum atomic E-state index is 0.0708. The lowest BCUT2D eigenvalue weighted by atomic mass is 10.0. The van der Waals surface area contributed by atoms with Crippen molar-refractivity contribution in [2.24, 2.45) is 4.99 Å². The summed E-state index contributed by atoms with van der Waals surface area (Å²) < 4.78 is 0. The van der Waals surface area contributed by atoms with E-state index in [2.05, 4.69) is 18.3 Å². The zero-order valence-corrected chi connectivity index (χ0v) is 9.23. The van der Waals surface area contributed by atoms with Crippen molar-refractivity contribution in [1.29, 1.82) is 0 Å². The maximum atomic E-state index is 11.8. The quantitative estimate of drug-likeness (QED) is 0.509. The minimum absolute atomic E-state index is 0.0708. The van der Waals surface area contributed by atoms with Crippen molar-refractivity contribution in [2.45, 2.75) is 12.8 Å². The molecule has 0 bridgehead atoms. The van der Waals surface area contributed by atoms with Crippen molar-refractivity contribution in [2.75, 3.05) is 0 Å². The third-order valence-electron chi connectivity index (χ3n) is 2.11. The molecular weight excluding hydrogens is 198 g/mol. The SMILES string of the molecule is C=N/C=C\C(=C)CC(=O)C1=CC=CCC=C1. The lowest BCUT2D eigenvalue weighted by Crippen LogP contribution is -2.00. The fraction of sp³-hybridized carbons (Fsp3) is 0.143. The number of Topliss-reactive ketones (excluding diaryl/α,β-unsaturated/α-hetero) is 1. The van der Waals surface area contributed by atoms with Crippen LogP contribution >= 0.6 is 0 Å². The van der Waals surface area contributed by atoms with Gasteiger partial charge >= 0.3 is 0 Å². The molecule has 2 nitrogen and oxygen atoms in total. The number of allylic oxidation sites excluding steroid dienone is 8. The van der Waals surface area contributed by atoms with Crippen LogP contribution in [0.2, 0.25) is 0 Å². The Morgan fingerprint density at radius 1 is 1.50 bits per heavy atom. The van der Waals surface area contributed by atoms with Crippen molar-refractivity contribution >= 4 is 12.5 Å². The smallest absolute Gasteiger partial charge is 0.167 e. The lowest BCUT2D eigenvalue weighted by Gasteiger charge is -2.00.